The molecule has 0 aliphatic rings. The van der Waals surface area contributed by atoms with Crippen LogP contribution in [-0.2, 0) is 4.79 Å². The van der Waals surface area contributed by atoms with Crippen LogP contribution in [0.1, 0.15) is 29.9 Å². The van der Waals surface area contributed by atoms with E-state index < -0.39 is 0 Å². The Hall–Kier alpha value is -2.23. The molecule has 1 heterocycles. The maximum Gasteiger partial charge on any atom is 0.260 e. The molecule has 1 unspecified atom stereocenters. The summed E-state index contributed by atoms with van der Waals surface area (Å²) in [4.78, 5) is 13.8. The molecule has 1 aromatic heterocycles. The van der Waals surface area contributed by atoms with E-state index in [4.69, 9.17) is 9.15 Å². The second-order valence-electron chi connectivity index (χ2n) is 5.25. The fourth-order valence-corrected chi connectivity index (χ4v) is 2.14. The maximum absolute atomic E-state index is 12.2. The Morgan fingerprint density at radius 3 is 2.71 bits per heavy atom. The van der Waals surface area contributed by atoms with E-state index in [1.807, 2.05) is 51.1 Å². The van der Waals surface area contributed by atoms with Gasteiger partial charge in [0.25, 0.3) is 5.91 Å². The standard InChI is InChI=1S/C17H21NO3/c1-12-7-8-15(13(2)10-12)21-11-17(19)18(4)14(3)16-6-5-9-20-16/h5-10,14H,11H2,1-4H3. The zero-order valence-corrected chi connectivity index (χ0v) is 12.9. The topological polar surface area (TPSA) is 42.7 Å². The average Bonchev–Trinajstić information content (AvgIpc) is 2.98. The number of nitrogens with zero attached hydrogens (tertiary/aromatic N) is 1. The molecule has 0 saturated heterocycles. The van der Waals surface area contributed by atoms with Crippen LogP contribution in [0.3, 0.4) is 0 Å². The summed E-state index contributed by atoms with van der Waals surface area (Å²) in [5.74, 6) is 1.42. The number of benzene rings is 1. The van der Waals surface area contributed by atoms with E-state index in [0.29, 0.717) is 0 Å². The first-order valence-corrected chi connectivity index (χ1v) is 6.98. The number of hydrogen-bond donors (Lipinski definition) is 0. The van der Waals surface area contributed by atoms with Crippen LogP contribution in [0.5, 0.6) is 5.75 Å². The molecule has 0 N–H and O–H groups in total. The summed E-state index contributed by atoms with van der Waals surface area (Å²) < 4.78 is 10.9. The van der Waals surface area contributed by atoms with Crippen LogP contribution < -0.4 is 4.74 Å². The second kappa shape index (κ2) is 6.48. The van der Waals surface area contributed by atoms with Crippen molar-refractivity contribution in [1.82, 2.24) is 4.90 Å². The molecule has 2 rings (SSSR count). The Morgan fingerprint density at radius 1 is 1.33 bits per heavy atom. The summed E-state index contributed by atoms with van der Waals surface area (Å²) in [5, 5.41) is 0. The molecule has 1 aromatic carbocycles. The summed E-state index contributed by atoms with van der Waals surface area (Å²) in [6.45, 7) is 5.95. The Balaban J connectivity index is 1.95. The van der Waals surface area contributed by atoms with E-state index in [1.54, 1.807) is 18.2 Å². The minimum Gasteiger partial charge on any atom is -0.484 e. The normalized spacial score (nSPS) is 12.0. The molecule has 4 nitrogen and oxygen atoms in total. The van der Waals surface area contributed by atoms with Gasteiger partial charge in [-0.25, -0.2) is 0 Å². The quantitative estimate of drug-likeness (QED) is 0.845. The van der Waals surface area contributed by atoms with E-state index in [2.05, 4.69) is 0 Å². The zero-order chi connectivity index (χ0) is 15.4. The maximum atomic E-state index is 12.2. The number of furan rings is 1. The predicted octanol–water partition coefficient (Wildman–Crippen LogP) is 3.49. The van der Waals surface area contributed by atoms with Gasteiger partial charge in [0.15, 0.2) is 6.61 Å². The molecule has 0 saturated carbocycles. The van der Waals surface area contributed by atoms with E-state index >= 15 is 0 Å². The van der Waals surface area contributed by atoms with Gasteiger partial charge in [0, 0.05) is 7.05 Å². The van der Waals surface area contributed by atoms with Gasteiger partial charge in [-0.2, -0.15) is 0 Å². The third-order valence-corrected chi connectivity index (χ3v) is 3.61. The van der Waals surface area contributed by atoms with E-state index in [-0.39, 0.29) is 18.6 Å². The molecule has 1 amide bonds. The fourth-order valence-electron chi connectivity index (χ4n) is 2.14. The van der Waals surface area contributed by atoms with Crippen molar-refractivity contribution in [1.29, 1.82) is 0 Å². The van der Waals surface area contributed by atoms with Crippen LogP contribution in [0.4, 0.5) is 0 Å². The molecule has 21 heavy (non-hydrogen) atoms. The van der Waals surface area contributed by atoms with Gasteiger partial charge in [-0.05, 0) is 44.5 Å². The number of aryl methyl sites for hydroxylation is 2. The van der Waals surface area contributed by atoms with Crippen LogP contribution in [-0.4, -0.2) is 24.5 Å². The fraction of sp³-hybridized carbons (Fsp3) is 0.353. The molecule has 1 atom stereocenters. The molecule has 0 aliphatic carbocycles. The first kappa shape index (κ1) is 15.2. The van der Waals surface area contributed by atoms with Crippen molar-refractivity contribution < 1.29 is 13.9 Å². The molecular formula is C17H21NO3. The molecule has 0 bridgehead atoms. The highest BCUT2D eigenvalue weighted by Gasteiger charge is 2.19. The number of likely N-dealkylation sites (N-methyl/N-ethyl adjacent to an activating group) is 1. The third-order valence-electron chi connectivity index (χ3n) is 3.61. The molecule has 2 aromatic rings. The Bertz CT molecular complexity index is 605. The second-order valence-corrected chi connectivity index (χ2v) is 5.25. The lowest BCUT2D eigenvalue weighted by molar-refractivity contribution is -0.134. The summed E-state index contributed by atoms with van der Waals surface area (Å²) in [5.41, 5.74) is 2.21. The highest BCUT2D eigenvalue weighted by molar-refractivity contribution is 5.77. The van der Waals surface area contributed by atoms with Gasteiger partial charge in [-0.3, -0.25) is 4.79 Å². The van der Waals surface area contributed by atoms with Crippen molar-refractivity contribution in [2.75, 3.05) is 13.7 Å². The molecule has 0 spiro atoms. The summed E-state index contributed by atoms with van der Waals surface area (Å²) in [6.07, 6.45) is 1.61. The van der Waals surface area contributed by atoms with Crippen LogP contribution >= 0.6 is 0 Å². The van der Waals surface area contributed by atoms with Gasteiger partial charge < -0.3 is 14.1 Å². The number of ether oxygens (including phenoxy) is 1. The van der Waals surface area contributed by atoms with Crippen molar-refractivity contribution in [2.45, 2.75) is 26.8 Å². The van der Waals surface area contributed by atoms with Crippen LogP contribution in [0, 0.1) is 13.8 Å². The lowest BCUT2D eigenvalue weighted by Gasteiger charge is -2.23. The number of carbonyl (C=O) groups is 1. The number of rotatable bonds is 5. The molecule has 0 radical (unpaired) electrons. The van der Waals surface area contributed by atoms with Gasteiger partial charge in [-0.1, -0.05) is 17.7 Å². The lowest BCUT2D eigenvalue weighted by atomic mass is 10.1. The lowest BCUT2D eigenvalue weighted by Crippen LogP contribution is -2.33. The zero-order valence-electron chi connectivity index (χ0n) is 12.9. The van der Waals surface area contributed by atoms with Gasteiger partial charge in [0.2, 0.25) is 0 Å². The third kappa shape index (κ3) is 3.66. The van der Waals surface area contributed by atoms with Crippen LogP contribution in [0.15, 0.2) is 41.0 Å². The van der Waals surface area contributed by atoms with Crippen LogP contribution in [0.25, 0.3) is 0 Å². The van der Waals surface area contributed by atoms with Gasteiger partial charge in [0.05, 0.1) is 12.3 Å². The minimum absolute atomic E-state index is 0.0193. The molecule has 0 aliphatic heterocycles. The Morgan fingerprint density at radius 2 is 2.10 bits per heavy atom. The van der Waals surface area contributed by atoms with Crippen molar-refractivity contribution in [3.8, 4) is 5.75 Å². The van der Waals surface area contributed by atoms with Gasteiger partial charge in [0.1, 0.15) is 11.5 Å². The van der Waals surface area contributed by atoms with E-state index in [9.17, 15) is 4.79 Å². The van der Waals surface area contributed by atoms with Crippen molar-refractivity contribution in [3.05, 3.63) is 53.5 Å². The van der Waals surface area contributed by atoms with E-state index in [1.165, 1.54) is 5.56 Å². The smallest absolute Gasteiger partial charge is 0.260 e. The highest BCUT2D eigenvalue weighted by Crippen LogP contribution is 2.21. The molecule has 4 heteroatoms. The minimum atomic E-state index is -0.116. The van der Waals surface area contributed by atoms with Gasteiger partial charge >= 0.3 is 0 Å². The average molecular weight is 287 g/mol. The van der Waals surface area contributed by atoms with E-state index in [0.717, 1.165) is 17.1 Å². The number of hydrogen-bond acceptors (Lipinski definition) is 3. The monoisotopic (exact) mass is 287 g/mol. The molecule has 0 fully saturated rings. The largest absolute Gasteiger partial charge is 0.484 e. The Kier molecular flexibility index (Phi) is 4.68. The molecule has 112 valence electrons. The first-order chi connectivity index (χ1) is 9.99. The SMILES string of the molecule is Cc1ccc(OCC(=O)N(C)C(C)c2ccco2)c(C)c1. The number of amides is 1. The Labute approximate surface area is 125 Å². The van der Waals surface area contributed by atoms with Crippen LogP contribution in [0.2, 0.25) is 0 Å². The van der Waals surface area contributed by atoms with Crippen molar-refractivity contribution in [2.24, 2.45) is 0 Å². The van der Waals surface area contributed by atoms with Crippen molar-refractivity contribution in [3.63, 3.8) is 0 Å². The predicted molar refractivity (Wildman–Crippen MR) is 81.3 cm³/mol. The molecular weight excluding hydrogens is 266 g/mol. The van der Waals surface area contributed by atoms with Crippen molar-refractivity contribution >= 4 is 5.91 Å². The summed E-state index contributed by atoms with van der Waals surface area (Å²) >= 11 is 0. The van der Waals surface area contributed by atoms with Gasteiger partial charge in [-0.15, -0.1) is 0 Å². The summed E-state index contributed by atoms with van der Waals surface area (Å²) in [7, 11) is 1.75. The highest BCUT2D eigenvalue weighted by atomic mass is 16.5. The first-order valence-electron chi connectivity index (χ1n) is 6.98. The summed E-state index contributed by atoms with van der Waals surface area (Å²) in [6, 6.07) is 9.47. The number of carbonyl (C=O) groups excluding carboxylic acids is 1.